The van der Waals surface area contributed by atoms with E-state index in [2.05, 4.69) is 5.10 Å². The Hall–Kier alpha value is -3.53. The number of hydrogen-bond acceptors (Lipinski definition) is 3. The van der Waals surface area contributed by atoms with Gasteiger partial charge >= 0.3 is 0 Å². The molecule has 3 aromatic carbocycles. The number of aryl methyl sites for hydroxylation is 1. The van der Waals surface area contributed by atoms with Crippen LogP contribution >= 0.6 is 0 Å². The molecule has 0 atom stereocenters. The number of hydrogen-bond donors (Lipinski definition) is 0. The average molecular weight is 339 g/mol. The van der Waals surface area contributed by atoms with Crippen LogP contribution in [0.2, 0.25) is 0 Å². The molecule has 4 rings (SSSR count). The lowest BCUT2D eigenvalue weighted by Crippen LogP contribution is -2.20. The molecule has 4 nitrogen and oxygen atoms in total. The van der Waals surface area contributed by atoms with Crippen LogP contribution in [0.3, 0.4) is 0 Å². The molecule has 4 aromatic rings. The minimum absolute atomic E-state index is 0.181. The minimum Gasteiger partial charge on any atom is -0.267 e. The predicted octanol–water partition coefficient (Wildman–Crippen LogP) is 4.25. The van der Waals surface area contributed by atoms with Crippen molar-refractivity contribution in [3.05, 3.63) is 100 Å². The molecule has 26 heavy (non-hydrogen) atoms. The van der Waals surface area contributed by atoms with Gasteiger partial charge in [-0.25, -0.2) is 4.98 Å². The lowest BCUT2D eigenvalue weighted by molar-refractivity contribution is 0.829. The highest BCUT2D eigenvalue weighted by Crippen LogP contribution is 2.18. The topological polar surface area (TPSA) is 47.2 Å². The zero-order valence-corrected chi connectivity index (χ0v) is 14.3. The second-order valence-corrected chi connectivity index (χ2v) is 6.04. The molecule has 0 bridgehead atoms. The number of aromatic nitrogens is 2. The van der Waals surface area contributed by atoms with Gasteiger partial charge in [0.2, 0.25) is 0 Å². The quantitative estimate of drug-likeness (QED) is 0.524. The largest absolute Gasteiger partial charge is 0.282 e. The second-order valence-electron chi connectivity index (χ2n) is 6.04. The van der Waals surface area contributed by atoms with Crippen molar-refractivity contribution in [2.75, 3.05) is 0 Å². The number of fused-ring (bicyclic) bond motifs is 1. The van der Waals surface area contributed by atoms with E-state index in [9.17, 15) is 4.79 Å². The fourth-order valence-electron chi connectivity index (χ4n) is 2.86. The molecule has 0 saturated heterocycles. The summed E-state index contributed by atoms with van der Waals surface area (Å²) >= 11 is 0. The van der Waals surface area contributed by atoms with Crippen molar-refractivity contribution in [3.63, 3.8) is 0 Å². The Morgan fingerprint density at radius 2 is 1.58 bits per heavy atom. The van der Waals surface area contributed by atoms with Crippen LogP contribution in [0.25, 0.3) is 22.3 Å². The van der Waals surface area contributed by atoms with Crippen LogP contribution in [0.1, 0.15) is 11.1 Å². The molecule has 1 aromatic heterocycles. The highest BCUT2D eigenvalue weighted by molar-refractivity contribution is 5.83. The summed E-state index contributed by atoms with van der Waals surface area (Å²) in [5.41, 5.74) is 3.39. The molecule has 126 valence electrons. The molecule has 0 aliphatic heterocycles. The minimum atomic E-state index is -0.181. The Morgan fingerprint density at radius 3 is 2.38 bits per heavy atom. The summed E-state index contributed by atoms with van der Waals surface area (Å²) in [7, 11) is 0. The van der Waals surface area contributed by atoms with E-state index in [1.54, 1.807) is 12.3 Å². The fraction of sp³-hybridized carbons (Fsp3) is 0.0455. The Labute approximate surface area is 151 Å². The summed E-state index contributed by atoms with van der Waals surface area (Å²) in [4.78, 5) is 17.7. The third-order valence-electron chi connectivity index (χ3n) is 4.29. The maximum atomic E-state index is 13.0. The van der Waals surface area contributed by atoms with Crippen molar-refractivity contribution < 1.29 is 0 Å². The predicted molar refractivity (Wildman–Crippen MR) is 106 cm³/mol. The van der Waals surface area contributed by atoms with E-state index in [1.165, 1.54) is 4.68 Å². The van der Waals surface area contributed by atoms with E-state index < -0.39 is 0 Å². The van der Waals surface area contributed by atoms with Gasteiger partial charge in [-0.3, -0.25) is 4.79 Å². The van der Waals surface area contributed by atoms with Crippen molar-refractivity contribution in [1.82, 2.24) is 9.66 Å². The third kappa shape index (κ3) is 2.93. The molecule has 0 unspecified atom stereocenters. The second kappa shape index (κ2) is 6.76. The lowest BCUT2D eigenvalue weighted by atomic mass is 10.1. The first kappa shape index (κ1) is 16.0. The normalized spacial score (nSPS) is 11.3. The standard InChI is InChI=1S/C22H17N3O/c1-16-9-5-6-12-18(16)15-23-25-21(17-10-3-2-4-11-17)24-20-14-8-7-13-19(20)22(25)26/h2-15H,1H3. The average Bonchev–Trinajstić information content (AvgIpc) is 2.69. The first-order chi connectivity index (χ1) is 12.7. The number of rotatable bonds is 3. The van der Waals surface area contributed by atoms with Crippen molar-refractivity contribution in [3.8, 4) is 11.4 Å². The zero-order chi connectivity index (χ0) is 17.9. The number of nitrogens with zero attached hydrogens (tertiary/aromatic N) is 3. The van der Waals surface area contributed by atoms with Gasteiger partial charge < -0.3 is 0 Å². The molecule has 0 saturated carbocycles. The van der Waals surface area contributed by atoms with Gasteiger partial charge in [0, 0.05) is 5.56 Å². The molecule has 0 spiro atoms. The SMILES string of the molecule is Cc1ccccc1C=Nn1c(-c2ccccc2)nc2ccccc2c1=O. The molecular weight excluding hydrogens is 322 g/mol. The van der Waals surface area contributed by atoms with Crippen molar-refractivity contribution in [2.45, 2.75) is 6.92 Å². The molecule has 0 amide bonds. The molecule has 0 N–H and O–H groups in total. The van der Waals surface area contributed by atoms with Crippen LogP contribution in [0.15, 0.2) is 88.8 Å². The van der Waals surface area contributed by atoms with E-state index in [4.69, 9.17) is 4.98 Å². The molecule has 0 aliphatic rings. The van der Waals surface area contributed by atoms with Crippen molar-refractivity contribution in [1.29, 1.82) is 0 Å². The lowest BCUT2D eigenvalue weighted by Gasteiger charge is -2.09. The highest BCUT2D eigenvalue weighted by atomic mass is 16.1. The number of benzene rings is 3. The van der Waals surface area contributed by atoms with E-state index in [0.29, 0.717) is 16.7 Å². The summed E-state index contributed by atoms with van der Waals surface area (Å²) < 4.78 is 1.38. The van der Waals surface area contributed by atoms with Crippen LogP contribution in [0.4, 0.5) is 0 Å². The van der Waals surface area contributed by atoms with Gasteiger partial charge in [0.25, 0.3) is 5.56 Å². The Bertz CT molecular complexity index is 1160. The van der Waals surface area contributed by atoms with E-state index in [-0.39, 0.29) is 5.56 Å². The fourth-order valence-corrected chi connectivity index (χ4v) is 2.86. The van der Waals surface area contributed by atoms with Gasteiger partial charge in [0.1, 0.15) is 0 Å². The van der Waals surface area contributed by atoms with Crippen LogP contribution in [-0.4, -0.2) is 15.9 Å². The Morgan fingerprint density at radius 1 is 0.885 bits per heavy atom. The van der Waals surface area contributed by atoms with Gasteiger partial charge in [-0.05, 0) is 30.2 Å². The number of para-hydroxylation sites is 1. The molecule has 0 aliphatic carbocycles. The van der Waals surface area contributed by atoms with Crippen molar-refractivity contribution in [2.24, 2.45) is 5.10 Å². The first-order valence-electron chi connectivity index (χ1n) is 8.41. The molecule has 4 heteroatoms. The van der Waals surface area contributed by atoms with Gasteiger partial charge in [0.05, 0.1) is 17.1 Å². The highest BCUT2D eigenvalue weighted by Gasteiger charge is 2.11. The maximum absolute atomic E-state index is 13.0. The molecule has 0 fully saturated rings. The monoisotopic (exact) mass is 339 g/mol. The van der Waals surface area contributed by atoms with Crippen molar-refractivity contribution >= 4 is 17.1 Å². The Kier molecular flexibility index (Phi) is 4.15. The van der Waals surface area contributed by atoms with E-state index in [0.717, 1.165) is 16.7 Å². The third-order valence-corrected chi connectivity index (χ3v) is 4.29. The summed E-state index contributed by atoms with van der Waals surface area (Å²) in [6.07, 6.45) is 1.71. The van der Waals surface area contributed by atoms with Crippen LogP contribution < -0.4 is 5.56 Å². The van der Waals surface area contributed by atoms with Crippen LogP contribution in [0.5, 0.6) is 0 Å². The van der Waals surface area contributed by atoms with E-state index >= 15 is 0 Å². The summed E-state index contributed by atoms with van der Waals surface area (Å²) in [5, 5.41) is 5.03. The Balaban J connectivity index is 1.96. The van der Waals surface area contributed by atoms with Crippen LogP contribution in [-0.2, 0) is 0 Å². The smallest absolute Gasteiger partial charge is 0.267 e. The first-order valence-corrected chi connectivity index (χ1v) is 8.41. The van der Waals surface area contributed by atoms with Gasteiger partial charge in [0.15, 0.2) is 5.82 Å². The summed E-state index contributed by atoms with van der Waals surface area (Å²) in [6, 6.07) is 24.9. The van der Waals surface area contributed by atoms with Crippen LogP contribution in [0, 0.1) is 6.92 Å². The molecular formula is C22H17N3O. The summed E-state index contributed by atoms with van der Waals surface area (Å²) in [5.74, 6) is 0.527. The molecule has 1 heterocycles. The molecule has 0 radical (unpaired) electrons. The maximum Gasteiger partial charge on any atom is 0.282 e. The summed E-state index contributed by atoms with van der Waals surface area (Å²) in [6.45, 7) is 2.01. The van der Waals surface area contributed by atoms with Gasteiger partial charge in [-0.2, -0.15) is 9.78 Å². The zero-order valence-electron chi connectivity index (χ0n) is 14.3. The van der Waals surface area contributed by atoms with E-state index in [1.807, 2.05) is 79.7 Å². The van der Waals surface area contributed by atoms with Gasteiger partial charge in [-0.15, -0.1) is 0 Å². The van der Waals surface area contributed by atoms with Gasteiger partial charge in [-0.1, -0.05) is 66.7 Å².